The van der Waals surface area contributed by atoms with Gasteiger partial charge >= 0.3 is 0 Å². The van der Waals surface area contributed by atoms with Crippen LogP contribution in [0.4, 0.5) is 0 Å². The Kier molecular flexibility index (Phi) is 3.11. The maximum Gasteiger partial charge on any atom is 0.274 e. The molecule has 0 atom stereocenters. The Morgan fingerprint density at radius 1 is 0.962 bits per heavy atom. The highest BCUT2D eigenvalue weighted by Gasteiger charge is 2.11. The van der Waals surface area contributed by atoms with E-state index in [-0.39, 0.29) is 11.1 Å². The van der Waals surface area contributed by atoms with Gasteiger partial charge < -0.3 is 4.57 Å². The van der Waals surface area contributed by atoms with Gasteiger partial charge in [0.15, 0.2) is 4.96 Å². The van der Waals surface area contributed by atoms with Gasteiger partial charge in [0.1, 0.15) is 0 Å². The Hall–Kier alpha value is -3.25. The molecule has 0 amide bonds. The summed E-state index contributed by atoms with van der Waals surface area (Å²) in [6.45, 7) is 0. The zero-order valence-electron chi connectivity index (χ0n) is 13.8. The van der Waals surface area contributed by atoms with E-state index in [1.54, 1.807) is 22.1 Å². The van der Waals surface area contributed by atoms with Crippen LogP contribution >= 0.6 is 11.3 Å². The minimum atomic E-state index is -0.145. The largest absolute Gasteiger partial charge is 0.311 e. The lowest BCUT2D eigenvalue weighted by molar-refractivity contribution is 0.902. The van der Waals surface area contributed by atoms with Crippen molar-refractivity contribution in [3.63, 3.8) is 0 Å². The van der Waals surface area contributed by atoms with Gasteiger partial charge in [-0.3, -0.25) is 9.59 Å². The van der Waals surface area contributed by atoms with E-state index in [2.05, 4.69) is 4.98 Å². The van der Waals surface area contributed by atoms with Gasteiger partial charge in [-0.2, -0.15) is 0 Å². The minimum Gasteiger partial charge on any atom is -0.311 e. The molecule has 0 saturated heterocycles. The van der Waals surface area contributed by atoms with Crippen LogP contribution in [-0.2, 0) is 7.05 Å². The third kappa shape index (κ3) is 2.06. The van der Waals surface area contributed by atoms with Crippen LogP contribution in [0.3, 0.4) is 0 Å². The third-order valence-corrected chi connectivity index (χ3v) is 5.56. The number of rotatable bonds is 1. The first-order valence-electron chi connectivity index (χ1n) is 8.14. The Morgan fingerprint density at radius 3 is 2.54 bits per heavy atom. The van der Waals surface area contributed by atoms with Crippen LogP contribution in [0.1, 0.15) is 5.56 Å². The Balaban J connectivity index is 1.83. The van der Waals surface area contributed by atoms with Crippen LogP contribution in [0.2, 0.25) is 0 Å². The summed E-state index contributed by atoms with van der Waals surface area (Å²) in [4.78, 5) is 30.7. The van der Waals surface area contributed by atoms with Crippen LogP contribution in [0.25, 0.3) is 33.0 Å². The molecule has 0 N–H and O–H groups in total. The van der Waals surface area contributed by atoms with E-state index in [0.29, 0.717) is 15.1 Å². The first-order chi connectivity index (χ1) is 12.6. The standard InChI is InChI=1S/C20H13N3O2S/c1-22-15-8-4-2-6-12(15)10-13(18(22)24)11-17-19(25)23-16-9-5-3-7-14(16)21-20(23)26-17/h2-11H,1H3/b17-11-. The molecule has 5 rings (SSSR count). The van der Waals surface area contributed by atoms with Gasteiger partial charge in [-0.05, 0) is 35.7 Å². The molecule has 0 aliphatic carbocycles. The second kappa shape index (κ2) is 5.37. The van der Waals surface area contributed by atoms with E-state index in [0.717, 1.165) is 21.9 Å². The first kappa shape index (κ1) is 15.0. The number of aromatic nitrogens is 3. The second-order valence-corrected chi connectivity index (χ2v) is 7.17. The van der Waals surface area contributed by atoms with Crippen molar-refractivity contribution in [2.75, 3.05) is 0 Å². The predicted molar refractivity (Wildman–Crippen MR) is 105 cm³/mol. The number of fused-ring (bicyclic) bond motifs is 4. The molecule has 0 aliphatic rings. The maximum absolute atomic E-state index is 12.9. The average Bonchev–Trinajstić information content (AvgIpc) is 3.16. The number of para-hydroxylation sites is 3. The molecule has 3 aromatic heterocycles. The molecule has 0 unspecified atom stereocenters. The quantitative estimate of drug-likeness (QED) is 0.461. The molecule has 2 aromatic carbocycles. The van der Waals surface area contributed by atoms with Gasteiger partial charge in [0, 0.05) is 12.6 Å². The number of thiazole rings is 1. The summed E-state index contributed by atoms with van der Waals surface area (Å²) in [5, 5.41) is 0.958. The molecule has 0 bridgehead atoms. The van der Waals surface area contributed by atoms with Gasteiger partial charge in [0.05, 0.1) is 21.1 Å². The molecule has 0 saturated carbocycles. The molecule has 5 nitrogen and oxygen atoms in total. The van der Waals surface area contributed by atoms with Crippen LogP contribution in [0, 0.1) is 0 Å². The Morgan fingerprint density at radius 2 is 1.69 bits per heavy atom. The first-order valence-corrected chi connectivity index (χ1v) is 8.95. The predicted octanol–water partition coefficient (Wildman–Crippen LogP) is 2.31. The summed E-state index contributed by atoms with van der Waals surface area (Å²) in [7, 11) is 1.74. The molecule has 0 radical (unpaired) electrons. The third-order valence-electron chi connectivity index (χ3n) is 4.59. The fourth-order valence-corrected chi connectivity index (χ4v) is 4.28. The molecule has 3 heterocycles. The molecule has 5 aromatic rings. The van der Waals surface area contributed by atoms with Crippen LogP contribution in [0.15, 0.2) is 64.2 Å². The van der Waals surface area contributed by atoms with E-state index in [4.69, 9.17) is 0 Å². The molecular formula is C20H13N3O2S. The van der Waals surface area contributed by atoms with Gasteiger partial charge in [-0.1, -0.05) is 41.7 Å². The lowest BCUT2D eigenvalue weighted by Crippen LogP contribution is -2.25. The Bertz CT molecular complexity index is 1490. The van der Waals surface area contributed by atoms with Crippen molar-refractivity contribution in [1.29, 1.82) is 0 Å². The second-order valence-electron chi connectivity index (χ2n) is 6.16. The van der Waals surface area contributed by atoms with Crippen LogP contribution in [-0.4, -0.2) is 14.0 Å². The highest BCUT2D eigenvalue weighted by molar-refractivity contribution is 7.15. The summed E-state index contributed by atoms with van der Waals surface area (Å²) in [6.07, 6.45) is 1.67. The van der Waals surface area contributed by atoms with Gasteiger partial charge in [-0.25, -0.2) is 9.38 Å². The Labute approximate surface area is 151 Å². The smallest absolute Gasteiger partial charge is 0.274 e. The van der Waals surface area contributed by atoms with Crippen molar-refractivity contribution >= 4 is 44.3 Å². The summed E-state index contributed by atoms with van der Waals surface area (Å²) >= 11 is 1.30. The number of aryl methyl sites for hydroxylation is 1. The lowest BCUT2D eigenvalue weighted by Gasteiger charge is -2.05. The topological polar surface area (TPSA) is 56.4 Å². The fraction of sp³-hybridized carbons (Fsp3) is 0.0500. The van der Waals surface area contributed by atoms with E-state index < -0.39 is 0 Å². The van der Waals surface area contributed by atoms with Gasteiger partial charge in [0.2, 0.25) is 0 Å². The minimum absolute atomic E-state index is 0.126. The monoisotopic (exact) mass is 359 g/mol. The van der Waals surface area contributed by atoms with Crippen molar-refractivity contribution in [2.24, 2.45) is 7.05 Å². The highest BCUT2D eigenvalue weighted by atomic mass is 32.1. The summed E-state index contributed by atoms with van der Waals surface area (Å²) in [5.41, 5.74) is 2.67. The zero-order chi connectivity index (χ0) is 17.8. The van der Waals surface area contributed by atoms with E-state index in [1.165, 1.54) is 11.3 Å². The lowest BCUT2D eigenvalue weighted by atomic mass is 10.1. The van der Waals surface area contributed by atoms with Crippen molar-refractivity contribution < 1.29 is 0 Å². The molecule has 0 spiro atoms. The van der Waals surface area contributed by atoms with Crippen LogP contribution in [0.5, 0.6) is 0 Å². The SMILES string of the molecule is Cn1c(=O)c(/C=c2\sc3nc4ccccc4n3c2=O)cc2ccccc21. The number of hydrogen-bond acceptors (Lipinski definition) is 4. The number of hydrogen-bond donors (Lipinski definition) is 0. The summed E-state index contributed by atoms with van der Waals surface area (Å²) in [5.74, 6) is 0. The van der Waals surface area contributed by atoms with E-state index in [9.17, 15) is 9.59 Å². The molecule has 26 heavy (non-hydrogen) atoms. The molecular weight excluding hydrogens is 346 g/mol. The van der Waals surface area contributed by atoms with Crippen molar-refractivity contribution in [2.45, 2.75) is 0 Å². The zero-order valence-corrected chi connectivity index (χ0v) is 14.7. The maximum atomic E-state index is 12.9. The summed E-state index contributed by atoms with van der Waals surface area (Å²) in [6, 6.07) is 17.1. The van der Waals surface area contributed by atoms with Gasteiger partial charge in [-0.15, -0.1) is 0 Å². The highest BCUT2D eigenvalue weighted by Crippen LogP contribution is 2.16. The molecule has 6 heteroatoms. The van der Waals surface area contributed by atoms with E-state index in [1.807, 2.05) is 54.6 Å². The molecule has 0 aliphatic heterocycles. The summed E-state index contributed by atoms with van der Waals surface area (Å²) < 4.78 is 3.72. The normalized spacial score (nSPS) is 12.6. The average molecular weight is 359 g/mol. The number of benzene rings is 2. The van der Waals surface area contributed by atoms with Crippen LogP contribution < -0.4 is 15.7 Å². The van der Waals surface area contributed by atoms with Gasteiger partial charge in [0.25, 0.3) is 11.1 Å². The van der Waals surface area contributed by atoms with E-state index >= 15 is 0 Å². The number of imidazole rings is 1. The molecule has 0 fully saturated rings. The van der Waals surface area contributed by atoms with Crippen molar-refractivity contribution in [3.05, 3.63) is 85.4 Å². The number of pyridine rings is 1. The number of nitrogens with zero attached hydrogens (tertiary/aromatic N) is 3. The fourth-order valence-electron chi connectivity index (χ4n) is 3.30. The molecule has 126 valence electrons. The van der Waals surface area contributed by atoms with Crippen molar-refractivity contribution in [1.82, 2.24) is 14.0 Å². The van der Waals surface area contributed by atoms with Crippen molar-refractivity contribution in [3.8, 4) is 0 Å².